The van der Waals surface area contributed by atoms with Gasteiger partial charge >= 0.3 is 17.4 Å². The molecule has 3 fully saturated rings. The molecule has 0 saturated heterocycles. The zero-order chi connectivity index (χ0) is 17.9. The van der Waals surface area contributed by atoms with Gasteiger partial charge in [-0.05, 0) is 56.3 Å². The van der Waals surface area contributed by atoms with Crippen LogP contribution in [-0.2, 0) is 31.7 Å². The number of carbonyl (C=O) groups excluding carboxylic acids is 3. The number of carbonyl (C=O) groups is 3. The van der Waals surface area contributed by atoms with Crippen LogP contribution in [0.3, 0.4) is 0 Å². The maximum absolute atomic E-state index is 10.1. The van der Waals surface area contributed by atoms with Crippen molar-refractivity contribution in [3.63, 3.8) is 0 Å². The molecule has 3 aliphatic carbocycles. The first-order chi connectivity index (χ1) is 11.4. The molecule has 0 amide bonds. The van der Waals surface area contributed by atoms with E-state index in [1.54, 1.807) is 0 Å². The molecule has 0 aromatic rings. The quantitative estimate of drug-likeness (QED) is 0.656. The number of carboxylic acids is 3. The third kappa shape index (κ3) is 9.86. The standard InChI is InChI=1S/3C6H10O2.Cr/c3*7-6(8)5-3-1-2-4-5;/h3*5H,1-4H2,(H,7,8);/q;;;+3/p-3. The monoisotopic (exact) mass is 391 g/mol. The average molecular weight is 391 g/mol. The van der Waals surface area contributed by atoms with Gasteiger partial charge in [0.2, 0.25) is 0 Å². The van der Waals surface area contributed by atoms with Crippen LogP contribution in [0.1, 0.15) is 77.0 Å². The van der Waals surface area contributed by atoms with Crippen molar-refractivity contribution in [3.8, 4) is 0 Å². The minimum Gasteiger partial charge on any atom is -0.550 e. The summed E-state index contributed by atoms with van der Waals surface area (Å²) in [7, 11) is 0. The van der Waals surface area contributed by atoms with Crippen LogP contribution >= 0.6 is 0 Å². The van der Waals surface area contributed by atoms with Crippen LogP contribution in [0.2, 0.25) is 0 Å². The van der Waals surface area contributed by atoms with Crippen LogP contribution in [0, 0.1) is 17.8 Å². The van der Waals surface area contributed by atoms with Crippen molar-refractivity contribution in [1.82, 2.24) is 0 Å². The molecule has 1 radical (unpaired) electrons. The molecule has 0 atom stereocenters. The van der Waals surface area contributed by atoms with E-state index in [0.717, 1.165) is 77.0 Å². The fraction of sp³-hybridized carbons (Fsp3) is 0.833. The summed E-state index contributed by atoms with van der Waals surface area (Å²) in [6.07, 6.45) is 11.4. The van der Waals surface area contributed by atoms with Crippen LogP contribution in [0.4, 0.5) is 0 Å². The molecule has 0 spiro atoms. The van der Waals surface area contributed by atoms with Crippen molar-refractivity contribution in [2.24, 2.45) is 17.8 Å². The summed E-state index contributed by atoms with van der Waals surface area (Å²) in [5, 5.41) is 30.3. The topological polar surface area (TPSA) is 120 Å². The van der Waals surface area contributed by atoms with E-state index in [9.17, 15) is 29.7 Å². The van der Waals surface area contributed by atoms with Gasteiger partial charge in [0.05, 0.1) is 0 Å². The molecule has 0 unspecified atom stereocenters. The van der Waals surface area contributed by atoms with Crippen molar-refractivity contribution < 1.29 is 47.1 Å². The third-order valence-corrected chi connectivity index (χ3v) is 5.07. The van der Waals surface area contributed by atoms with Gasteiger partial charge in [-0.3, -0.25) is 0 Å². The molecule has 0 aliphatic heterocycles. The van der Waals surface area contributed by atoms with Crippen molar-refractivity contribution in [2.45, 2.75) is 77.0 Å². The summed E-state index contributed by atoms with van der Waals surface area (Å²) < 4.78 is 0. The molecule has 0 aromatic heterocycles. The van der Waals surface area contributed by atoms with Gasteiger partial charge in [0, 0.05) is 17.9 Å². The first kappa shape index (κ1) is 23.9. The van der Waals surface area contributed by atoms with Gasteiger partial charge in [0.25, 0.3) is 0 Å². The number of carboxylic acid groups (broad SMARTS) is 3. The molecule has 25 heavy (non-hydrogen) atoms. The third-order valence-electron chi connectivity index (χ3n) is 5.07. The fourth-order valence-corrected chi connectivity index (χ4v) is 3.48. The summed E-state index contributed by atoms with van der Waals surface area (Å²) in [6.45, 7) is 0. The van der Waals surface area contributed by atoms with Gasteiger partial charge in [0.1, 0.15) is 0 Å². The van der Waals surface area contributed by atoms with E-state index < -0.39 is 17.9 Å². The molecule has 6 nitrogen and oxygen atoms in total. The Labute approximate surface area is 160 Å². The smallest absolute Gasteiger partial charge is 0.550 e. The van der Waals surface area contributed by atoms with Crippen LogP contribution in [0.15, 0.2) is 0 Å². The zero-order valence-corrected chi connectivity index (χ0v) is 15.9. The Morgan fingerprint density at radius 1 is 0.480 bits per heavy atom. The van der Waals surface area contributed by atoms with Gasteiger partial charge in [-0.15, -0.1) is 0 Å². The summed E-state index contributed by atoms with van der Waals surface area (Å²) in [4.78, 5) is 30.3. The van der Waals surface area contributed by atoms with Crippen LogP contribution in [-0.4, -0.2) is 17.9 Å². The van der Waals surface area contributed by atoms with Gasteiger partial charge in [-0.2, -0.15) is 0 Å². The SMILES string of the molecule is O=C([O-])C1CCCC1.O=C([O-])C1CCCC1.O=C([O-])C1CCCC1.[Cr+3]. The van der Waals surface area contributed by atoms with E-state index in [1.165, 1.54) is 0 Å². The van der Waals surface area contributed by atoms with Crippen molar-refractivity contribution in [2.75, 3.05) is 0 Å². The second-order valence-corrected chi connectivity index (χ2v) is 6.90. The van der Waals surface area contributed by atoms with E-state index in [2.05, 4.69) is 0 Å². The predicted molar refractivity (Wildman–Crippen MR) is 80.9 cm³/mol. The predicted octanol–water partition coefficient (Wildman–Crippen LogP) is -0.223. The van der Waals surface area contributed by atoms with Gasteiger partial charge in [-0.1, -0.05) is 38.5 Å². The molecule has 0 aromatic carbocycles. The molecule has 0 bridgehead atoms. The van der Waals surface area contributed by atoms with Gasteiger partial charge in [0.15, 0.2) is 0 Å². The Balaban J connectivity index is 0.000000339. The summed E-state index contributed by atoms with van der Waals surface area (Å²) in [5.74, 6) is -2.97. The largest absolute Gasteiger partial charge is 3.00 e. The van der Waals surface area contributed by atoms with E-state index >= 15 is 0 Å². The molecular formula is C18H27CrO6. The molecule has 0 heterocycles. The van der Waals surface area contributed by atoms with Gasteiger partial charge < -0.3 is 29.7 Å². The zero-order valence-electron chi connectivity index (χ0n) is 14.6. The second-order valence-electron chi connectivity index (χ2n) is 6.90. The van der Waals surface area contributed by atoms with Crippen LogP contribution in [0.25, 0.3) is 0 Å². The molecular weight excluding hydrogens is 364 g/mol. The van der Waals surface area contributed by atoms with E-state index in [0.29, 0.717) is 0 Å². The number of hydrogen-bond acceptors (Lipinski definition) is 6. The fourth-order valence-electron chi connectivity index (χ4n) is 3.48. The Kier molecular flexibility index (Phi) is 12.6. The minimum absolute atomic E-state index is 0. The molecule has 3 aliphatic rings. The Hall–Kier alpha value is -1.06. The second kappa shape index (κ2) is 13.2. The van der Waals surface area contributed by atoms with Crippen LogP contribution < -0.4 is 15.3 Å². The number of aliphatic carboxylic acids is 3. The average Bonchev–Trinajstić information content (AvgIpc) is 3.29. The summed E-state index contributed by atoms with van der Waals surface area (Å²) in [6, 6.07) is 0. The minimum atomic E-state index is -0.859. The summed E-state index contributed by atoms with van der Waals surface area (Å²) >= 11 is 0. The molecule has 3 saturated carbocycles. The Morgan fingerprint density at radius 3 is 0.720 bits per heavy atom. The Bertz CT molecular complexity index is 346. The molecule has 0 N–H and O–H groups in total. The molecule has 3 rings (SSSR count). The van der Waals surface area contributed by atoms with E-state index in [4.69, 9.17) is 0 Å². The number of rotatable bonds is 3. The van der Waals surface area contributed by atoms with Crippen molar-refractivity contribution in [1.29, 1.82) is 0 Å². The van der Waals surface area contributed by atoms with E-state index in [-0.39, 0.29) is 35.1 Å². The Morgan fingerprint density at radius 2 is 0.640 bits per heavy atom. The molecule has 7 heteroatoms. The maximum atomic E-state index is 10.1. The summed E-state index contributed by atoms with van der Waals surface area (Å²) in [5.41, 5.74) is 0. The van der Waals surface area contributed by atoms with Crippen molar-refractivity contribution in [3.05, 3.63) is 0 Å². The normalized spacial score (nSPS) is 20.6. The maximum Gasteiger partial charge on any atom is 3.00 e. The van der Waals surface area contributed by atoms with Gasteiger partial charge in [-0.25, -0.2) is 0 Å². The first-order valence-electron chi connectivity index (χ1n) is 9.04. The first-order valence-corrected chi connectivity index (χ1v) is 9.04. The van der Waals surface area contributed by atoms with Crippen molar-refractivity contribution >= 4 is 17.9 Å². The van der Waals surface area contributed by atoms with Crippen LogP contribution in [0.5, 0.6) is 0 Å². The molecule has 141 valence electrons. The number of hydrogen-bond donors (Lipinski definition) is 0. The van der Waals surface area contributed by atoms with E-state index in [1.807, 2.05) is 0 Å².